The van der Waals surface area contributed by atoms with Gasteiger partial charge in [0.05, 0.1) is 17.5 Å². The van der Waals surface area contributed by atoms with E-state index in [1.165, 1.54) is 64.7 Å². The van der Waals surface area contributed by atoms with Gasteiger partial charge in [-0.1, -0.05) is 31.1 Å². The second kappa shape index (κ2) is 16.0. The average molecular weight is 783 g/mol. The van der Waals surface area contributed by atoms with Crippen LogP contribution in [0.3, 0.4) is 0 Å². The van der Waals surface area contributed by atoms with Crippen LogP contribution in [0, 0.1) is 11.3 Å². The fraction of sp³-hybridized carbons (Fsp3) is 0.674. The van der Waals surface area contributed by atoms with Crippen LogP contribution < -0.4 is 15.1 Å². The van der Waals surface area contributed by atoms with Gasteiger partial charge in [0, 0.05) is 94.6 Å². The SMILES string of the molecule is CNc1nnc(-c2ccccc2O)cc1N1CCN(C2CCN(C3CCN(C4CC5(C4)CN(c4cc(C(C(=O)N6CCC(O)C6)C(C)C)on4)C5)CC3)CC2)CC1. The number of aliphatic hydroxyl groups excluding tert-OH is 1. The Hall–Kier alpha value is -3.98. The van der Waals surface area contributed by atoms with Crippen LogP contribution in [-0.4, -0.2) is 161 Å². The Morgan fingerprint density at radius 3 is 2.09 bits per heavy atom. The van der Waals surface area contributed by atoms with E-state index in [2.05, 4.69) is 65.1 Å². The van der Waals surface area contributed by atoms with E-state index in [-0.39, 0.29) is 23.5 Å². The molecule has 2 unspecified atom stereocenters. The quantitative estimate of drug-likeness (QED) is 0.274. The van der Waals surface area contributed by atoms with Gasteiger partial charge in [0.1, 0.15) is 11.7 Å². The molecule has 3 N–H and O–H groups in total. The van der Waals surface area contributed by atoms with Crippen molar-refractivity contribution in [1.82, 2.24) is 35.0 Å². The van der Waals surface area contributed by atoms with Crippen molar-refractivity contribution in [2.45, 2.75) is 88.9 Å². The zero-order chi connectivity index (χ0) is 39.3. The number of piperazine rings is 1. The number of anilines is 3. The Balaban J connectivity index is 0.694. The molecule has 308 valence electrons. The van der Waals surface area contributed by atoms with Gasteiger partial charge in [-0.05, 0) is 95.2 Å². The topological polar surface area (TPSA) is 141 Å². The van der Waals surface area contributed by atoms with Crippen LogP contribution >= 0.6 is 0 Å². The molecule has 14 heteroatoms. The molecule has 9 rings (SSSR count). The van der Waals surface area contributed by atoms with E-state index in [0.717, 1.165) is 56.6 Å². The Kier molecular flexibility index (Phi) is 10.8. The Morgan fingerprint density at radius 2 is 1.47 bits per heavy atom. The number of phenolic OH excluding ortho intramolecular Hbond substituents is 1. The third-order valence-electron chi connectivity index (χ3n) is 14.3. The van der Waals surface area contributed by atoms with E-state index >= 15 is 0 Å². The number of amides is 1. The molecule has 7 heterocycles. The van der Waals surface area contributed by atoms with Crippen molar-refractivity contribution in [3.63, 3.8) is 0 Å². The number of aromatic nitrogens is 3. The van der Waals surface area contributed by atoms with Gasteiger partial charge in [0.15, 0.2) is 17.4 Å². The summed E-state index contributed by atoms with van der Waals surface area (Å²) in [6.45, 7) is 16.0. The number of hydrogen-bond donors (Lipinski definition) is 3. The standard InChI is InChI=1S/C43H62N10O4/c1-29(2)40(42(56)52-17-12-33(54)26-52)38-23-39(47-57-38)53-27-43(28-53)24-32(25-43)49-15-10-30(11-16-49)48-13-8-31(9-14-48)50-18-20-51(21-19-50)36-22-35(45-46-41(36)44-3)34-6-4-5-7-37(34)55/h4-7,22-23,29-33,40,54-55H,8-21,24-28H2,1-3H3,(H,44,46). The molecule has 6 aliphatic rings. The predicted molar refractivity (Wildman–Crippen MR) is 221 cm³/mol. The van der Waals surface area contributed by atoms with Gasteiger partial charge in [-0.2, -0.15) is 0 Å². The number of benzene rings is 1. The lowest BCUT2D eigenvalue weighted by molar-refractivity contribution is -0.133. The molecule has 0 bridgehead atoms. The highest BCUT2D eigenvalue weighted by Crippen LogP contribution is 2.52. The summed E-state index contributed by atoms with van der Waals surface area (Å²) in [6.07, 6.45) is 7.83. The Bertz CT molecular complexity index is 1850. The van der Waals surface area contributed by atoms with E-state index in [0.29, 0.717) is 60.1 Å². The predicted octanol–water partition coefficient (Wildman–Crippen LogP) is 3.93. The molecule has 1 amide bonds. The molecule has 1 aliphatic carbocycles. The molecular weight excluding hydrogens is 721 g/mol. The van der Waals surface area contributed by atoms with Crippen molar-refractivity contribution >= 4 is 23.2 Å². The summed E-state index contributed by atoms with van der Waals surface area (Å²) in [5.41, 5.74) is 2.84. The second-order valence-corrected chi connectivity index (χ2v) is 18.2. The maximum Gasteiger partial charge on any atom is 0.233 e. The Morgan fingerprint density at radius 1 is 0.825 bits per heavy atom. The summed E-state index contributed by atoms with van der Waals surface area (Å²) in [5.74, 6) is 2.26. The minimum absolute atomic E-state index is 0.0379. The van der Waals surface area contributed by atoms with E-state index < -0.39 is 6.10 Å². The summed E-state index contributed by atoms with van der Waals surface area (Å²) >= 11 is 0. The largest absolute Gasteiger partial charge is 0.507 e. The smallest absolute Gasteiger partial charge is 0.233 e. The number of para-hydroxylation sites is 1. The van der Waals surface area contributed by atoms with E-state index in [4.69, 9.17) is 4.52 Å². The number of piperidine rings is 2. The van der Waals surface area contributed by atoms with Crippen molar-refractivity contribution in [3.05, 3.63) is 42.2 Å². The van der Waals surface area contributed by atoms with Crippen LogP contribution in [0.15, 0.2) is 40.9 Å². The van der Waals surface area contributed by atoms with Crippen molar-refractivity contribution < 1.29 is 19.5 Å². The van der Waals surface area contributed by atoms with Crippen molar-refractivity contribution in [2.24, 2.45) is 11.3 Å². The second-order valence-electron chi connectivity index (χ2n) is 18.2. The van der Waals surface area contributed by atoms with Crippen LogP contribution in [0.4, 0.5) is 17.3 Å². The van der Waals surface area contributed by atoms with Crippen LogP contribution in [-0.2, 0) is 4.79 Å². The minimum Gasteiger partial charge on any atom is -0.507 e. The number of likely N-dealkylation sites (tertiary alicyclic amines) is 3. The van der Waals surface area contributed by atoms with Crippen LogP contribution in [0.5, 0.6) is 5.75 Å². The van der Waals surface area contributed by atoms with Crippen LogP contribution in [0.2, 0.25) is 0 Å². The molecule has 1 saturated carbocycles. The minimum atomic E-state index is -0.426. The molecule has 6 fully saturated rings. The van der Waals surface area contributed by atoms with E-state index in [9.17, 15) is 15.0 Å². The molecule has 2 aromatic heterocycles. The van der Waals surface area contributed by atoms with Crippen LogP contribution in [0.25, 0.3) is 11.3 Å². The molecule has 2 atom stereocenters. The lowest BCUT2D eigenvalue weighted by atomic mass is 9.60. The van der Waals surface area contributed by atoms with Crippen molar-refractivity contribution in [1.29, 1.82) is 0 Å². The number of β-amino-alcohol motifs (C(OH)–C–C–N with tert-alkyl or cyclic N) is 1. The number of aliphatic hydroxyl groups is 1. The van der Waals surface area contributed by atoms with Crippen molar-refractivity contribution in [3.8, 4) is 17.0 Å². The molecular formula is C43H62N10O4. The lowest BCUT2D eigenvalue weighted by Crippen LogP contribution is -2.67. The number of carbonyl (C=O) groups is 1. The number of rotatable bonds is 10. The molecule has 0 radical (unpaired) electrons. The molecule has 57 heavy (non-hydrogen) atoms. The van der Waals surface area contributed by atoms with Gasteiger partial charge in [0.2, 0.25) is 5.91 Å². The fourth-order valence-electron chi connectivity index (χ4n) is 11.0. The third kappa shape index (κ3) is 7.70. The number of carbonyl (C=O) groups excluding carboxylic acids is 1. The van der Waals surface area contributed by atoms with Crippen LogP contribution in [0.1, 0.15) is 70.5 Å². The first-order chi connectivity index (χ1) is 27.7. The first kappa shape index (κ1) is 38.5. The summed E-state index contributed by atoms with van der Waals surface area (Å²) in [7, 11) is 1.89. The number of hydrogen-bond acceptors (Lipinski definition) is 13. The zero-order valence-corrected chi connectivity index (χ0v) is 34.1. The van der Waals surface area contributed by atoms with Gasteiger partial charge in [-0.3, -0.25) is 9.69 Å². The first-order valence-corrected chi connectivity index (χ1v) is 21.7. The summed E-state index contributed by atoms with van der Waals surface area (Å²) < 4.78 is 5.80. The van der Waals surface area contributed by atoms with Gasteiger partial charge in [-0.15, -0.1) is 10.2 Å². The van der Waals surface area contributed by atoms with Gasteiger partial charge >= 0.3 is 0 Å². The third-order valence-corrected chi connectivity index (χ3v) is 14.3. The van der Waals surface area contributed by atoms with Gasteiger partial charge in [0.25, 0.3) is 0 Å². The molecule has 1 spiro atoms. The summed E-state index contributed by atoms with van der Waals surface area (Å²) in [4.78, 5) is 28.1. The monoisotopic (exact) mass is 782 g/mol. The number of phenols is 1. The van der Waals surface area contributed by atoms with Gasteiger partial charge < -0.3 is 44.6 Å². The van der Waals surface area contributed by atoms with E-state index in [1.807, 2.05) is 31.3 Å². The summed E-state index contributed by atoms with van der Waals surface area (Å²) in [5, 5.41) is 36.9. The molecule has 14 nitrogen and oxygen atoms in total. The molecule has 5 aliphatic heterocycles. The number of nitrogens with zero attached hydrogens (tertiary/aromatic N) is 9. The molecule has 3 aromatic rings. The number of nitrogens with one attached hydrogen (secondary N) is 1. The normalized spacial score (nSPS) is 24.9. The highest BCUT2D eigenvalue weighted by atomic mass is 16.5. The maximum atomic E-state index is 13.3. The maximum absolute atomic E-state index is 13.3. The van der Waals surface area contributed by atoms with E-state index in [1.54, 1.807) is 11.0 Å². The fourth-order valence-corrected chi connectivity index (χ4v) is 11.0. The molecule has 5 saturated heterocycles. The zero-order valence-electron chi connectivity index (χ0n) is 34.1. The highest BCUT2D eigenvalue weighted by Gasteiger charge is 2.54. The average Bonchev–Trinajstić information content (AvgIpc) is 3.86. The first-order valence-electron chi connectivity index (χ1n) is 21.7. The van der Waals surface area contributed by atoms with Crippen molar-refractivity contribution in [2.75, 3.05) is 101 Å². The Labute approximate surface area is 337 Å². The highest BCUT2D eigenvalue weighted by molar-refractivity contribution is 5.84. The lowest BCUT2D eigenvalue weighted by Gasteiger charge is -2.61. The molecule has 1 aromatic carbocycles. The summed E-state index contributed by atoms with van der Waals surface area (Å²) in [6, 6.07) is 13.4. The number of aromatic hydroxyl groups is 1. The van der Waals surface area contributed by atoms with Gasteiger partial charge in [-0.25, -0.2) is 0 Å².